The summed E-state index contributed by atoms with van der Waals surface area (Å²) in [5, 5.41) is 19.6. The van der Waals surface area contributed by atoms with Crippen molar-refractivity contribution in [2.45, 2.75) is 32.7 Å². The van der Waals surface area contributed by atoms with Gasteiger partial charge in [0.15, 0.2) is 0 Å². The average molecular weight is 260 g/mol. The van der Waals surface area contributed by atoms with Gasteiger partial charge < -0.3 is 21.3 Å². The topological polar surface area (TPSA) is 130 Å². The quantitative estimate of drug-likeness (QED) is 0.472. The van der Waals surface area contributed by atoms with E-state index in [0.717, 1.165) is 0 Å². The molecule has 5 N–H and O–H groups in total. The van der Waals surface area contributed by atoms with Crippen LogP contribution in [-0.4, -0.2) is 40.6 Å². The van der Waals surface area contributed by atoms with E-state index in [4.69, 9.17) is 15.9 Å². The minimum absolute atomic E-state index is 0.101. The maximum atomic E-state index is 11.8. The zero-order valence-corrected chi connectivity index (χ0v) is 10.5. The van der Waals surface area contributed by atoms with E-state index in [1.54, 1.807) is 0 Å². The fourth-order valence-corrected chi connectivity index (χ4v) is 1.54. The second-order valence-electron chi connectivity index (χ2n) is 4.56. The first-order valence-corrected chi connectivity index (χ1v) is 5.73. The molecule has 7 heteroatoms. The van der Waals surface area contributed by atoms with Crippen molar-refractivity contribution in [1.29, 1.82) is 0 Å². The highest BCUT2D eigenvalue weighted by Gasteiger charge is 2.26. The molecule has 1 amide bonds. The van der Waals surface area contributed by atoms with Gasteiger partial charge in [-0.05, 0) is 12.3 Å². The molecule has 0 fully saturated rings. The van der Waals surface area contributed by atoms with Gasteiger partial charge in [-0.15, -0.1) is 0 Å². The Bertz CT molecular complexity index is 317. The van der Waals surface area contributed by atoms with Crippen LogP contribution in [0, 0.1) is 11.8 Å². The molecule has 0 aliphatic heterocycles. The number of nitrogens with one attached hydrogen (secondary N) is 1. The minimum Gasteiger partial charge on any atom is -0.481 e. The number of rotatable bonds is 8. The number of carbonyl (C=O) groups is 3. The van der Waals surface area contributed by atoms with E-state index in [0.29, 0.717) is 6.42 Å². The van der Waals surface area contributed by atoms with Crippen LogP contribution in [0.1, 0.15) is 26.7 Å². The SMILES string of the molecule is CC(C)CC(CN)C(=O)NC(CC(=O)O)C(=O)O. The molecule has 0 bridgehead atoms. The third-order valence-corrected chi connectivity index (χ3v) is 2.40. The largest absolute Gasteiger partial charge is 0.481 e. The second kappa shape index (κ2) is 7.65. The van der Waals surface area contributed by atoms with Crippen LogP contribution in [0.3, 0.4) is 0 Å². The third-order valence-electron chi connectivity index (χ3n) is 2.40. The zero-order chi connectivity index (χ0) is 14.3. The summed E-state index contributed by atoms with van der Waals surface area (Å²) in [6.45, 7) is 3.94. The lowest BCUT2D eigenvalue weighted by Crippen LogP contribution is -2.46. The van der Waals surface area contributed by atoms with E-state index in [2.05, 4.69) is 5.32 Å². The highest BCUT2D eigenvalue weighted by molar-refractivity contribution is 5.87. The molecule has 18 heavy (non-hydrogen) atoms. The molecule has 0 spiro atoms. The van der Waals surface area contributed by atoms with E-state index >= 15 is 0 Å². The molecule has 0 heterocycles. The Labute approximate surface area is 105 Å². The molecule has 2 atom stereocenters. The monoisotopic (exact) mass is 260 g/mol. The molecular weight excluding hydrogens is 240 g/mol. The predicted octanol–water partition coefficient (Wildman–Crippen LogP) is -0.348. The van der Waals surface area contributed by atoms with E-state index in [1.165, 1.54) is 0 Å². The maximum Gasteiger partial charge on any atom is 0.326 e. The highest BCUT2D eigenvalue weighted by atomic mass is 16.4. The van der Waals surface area contributed by atoms with Gasteiger partial charge in [-0.25, -0.2) is 4.79 Å². The van der Waals surface area contributed by atoms with Crippen molar-refractivity contribution in [1.82, 2.24) is 5.32 Å². The van der Waals surface area contributed by atoms with Crippen molar-refractivity contribution in [2.75, 3.05) is 6.54 Å². The van der Waals surface area contributed by atoms with Crippen LogP contribution < -0.4 is 11.1 Å². The smallest absolute Gasteiger partial charge is 0.326 e. The third kappa shape index (κ3) is 6.19. The second-order valence-corrected chi connectivity index (χ2v) is 4.56. The van der Waals surface area contributed by atoms with Crippen molar-refractivity contribution in [3.8, 4) is 0 Å². The van der Waals surface area contributed by atoms with Crippen molar-refractivity contribution in [3.63, 3.8) is 0 Å². The van der Waals surface area contributed by atoms with Gasteiger partial charge in [0.1, 0.15) is 6.04 Å². The van der Waals surface area contributed by atoms with E-state index in [9.17, 15) is 14.4 Å². The van der Waals surface area contributed by atoms with Gasteiger partial charge >= 0.3 is 11.9 Å². The molecule has 0 rings (SSSR count). The summed E-state index contributed by atoms with van der Waals surface area (Å²) in [7, 11) is 0. The fraction of sp³-hybridized carbons (Fsp3) is 0.727. The molecular formula is C11H20N2O5. The van der Waals surface area contributed by atoms with Gasteiger partial charge in [-0.3, -0.25) is 9.59 Å². The molecule has 0 saturated carbocycles. The number of nitrogens with two attached hydrogens (primary N) is 1. The van der Waals surface area contributed by atoms with Crippen molar-refractivity contribution in [3.05, 3.63) is 0 Å². The fourth-order valence-electron chi connectivity index (χ4n) is 1.54. The Hall–Kier alpha value is -1.63. The Morgan fingerprint density at radius 2 is 1.78 bits per heavy atom. The van der Waals surface area contributed by atoms with Crippen LogP contribution in [0.4, 0.5) is 0 Å². The van der Waals surface area contributed by atoms with Crippen LogP contribution in [0.25, 0.3) is 0 Å². The average Bonchev–Trinajstić information content (AvgIpc) is 2.23. The number of hydrogen-bond acceptors (Lipinski definition) is 4. The Morgan fingerprint density at radius 3 is 2.11 bits per heavy atom. The molecule has 0 aromatic heterocycles. The first kappa shape index (κ1) is 16.4. The normalized spacial score (nSPS) is 14.0. The molecule has 0 aromatic rings. The van der Waals surface area contributed by atoms with E-state index in [1.807, 2.05) is 13.8 Å². The zero-order valence-electron chi connectivity index (χ0n) is 10.5. The van der Waals surface area contributed by atoms with Crippen LogP contribution in [0.15, 0.2) is 0 Å². The summed E-state index contributed by atoms with van der Waals surface area (Å²) < 4.78 is 0. The summed E-state index contributed by atoms with van der Waals surface area (Å²) >= 11 is 0. The number of hydrogen-bond donors (Lipinski definition) is 4. The van der Waals surface area contributed by atoms with E-state index in [-0.39, 0.29) is 12.5 Å². The summed E-state index contributed by atoms with van der Waals surface area (Å²) in [4.78, 5) is 33.0. The van der Waals surface area contributed by atoms with Gasteiger partial charge in [0.25, 0.3) is 0 Å². The molecule has 104 valence electrons. The summed E-state index contributed by atoms with van der Waals surface area (Å²) in [6.07, 6.45) is -0.123. The maximum absolute atomic E-state index is 11.8. The van der Waals surface area contributed by atoms with E-state index < -0.39 is 36.2 Å². The molecule has 0 aromatic carbocycles. The molecule has 7 nitrogen and oxygen atoms in total. The molecule has 2 unspecified atom stereocenters. The summed E-state index contributed by atoms with van der Waals surface area (Å²) in [6, 6.07) is -1.42. The Balaban J connectivity index is 4.56. The number of aliphatic carboxylic acids is 2. The number of carboxylic acids is 2. The first-order valence-electron chi connectivity index (χ1n) is 5.73. The predicted molar refractivity (Wildman–Crippen MR) is 63.8 cm³/mol. The minimum atomic E-state index is -1.42. The number of amides is 1. The Kier molecular flexibility index (Phi) is 6.96. The summed E-state index contributed by atoms with van der Waals surface area (Å²) in [5.41, 5.74) is 5.45. The lowest BCUT2D eigenvalue weighted by atomic mass is 9.96. The van der Waals surface area contributed by atoms with Gasteiger partial charge in [0, 0.05) is 6.54 Å². The van der Waals surface area contributed by atoms with Crippen LogP contribution in [0.5, 0.6) is 0 Å². The van der Waals surface area contributed by atoms with Gasteiger partial charge in [-0.2, -0.15) is 0 Å². The van der Waals surface area contributed by atoms with Crippen molar-refractivity contribution >= 4 is 17.8 Å². The Morgan fingerprint density at radius 1 is 1.22 bits per heavy atom. The molecule has 0 radical (unpaired) electrons. The van der Waals surface area contributed by atoms with Gasteiger partial charge in [-0.1, -0.05) is 13.8 Å². The van der Waals surface area contributed by atoms with Crippen LogP contribution >= 0.6 is 0 Å². The first-order chi connectivity index (χ1) is 8.27. The lowest BCUT2D eigenvalue weighted by molar-refractivity contribution is -0.147. The van der Waals surface area contributed by atoms with Crippen molar-refractivity contribution in [2.24, 2.45) is 17.6 Å². The molecule has 0 saturated heterocycles. The van der Waals surface area contributed by atoms with Gasteiger partial charge in [0.05, 0.1) is 12.3 Å². The highest BCUT2D eigenvalue weighted by Crippen LogP contribution is 2.11. The molecule has 0 aliphatic rings. The summed E-state index contributed by atoms with van der Waals surface area (Å²) in [5.74, 6) is -3.42. The van der Waals surface area contributed by atoms with Crippen LogP contribution in [-0.2, 0) is 14.4 Å². The van der Waals surface area contributed by atoms with Crippen LogP contribution in [0.2, 0.25) is 0 Å². The standard InChI is InChI=1S/C11H20N2O5/c1-6(2)3-7(5-12)10(16)13-8(11(17)18)4-9(14)15/h6-8H,3-5,12H2,1-2H3,(H,13,16)(H,14,15)(H,17,18). The number of carbonyl (C=O) groups excluding carboxylic acids is 1. The number of carboxylic acid groups (broad SMARTS) is 2. The molecule has 0 aliphatic carbocycles. The van der Waals surface area contributed by atoms with Crippen molar-refractivity contribution < 1.29 is 24.6 Å². The van der Waals surface area contributed by atoms with Gasteiger partial charge in [0.2, 0.25) is 5.91 Å². The lowest BCUT2D eigenvalue weighted by Gasteiger charge is -2.19.